The number of halogens is 3. The summed E-state index contributed by atoms with van der Waals surface area (Å²) in [5, 5.41) is 2.54. The lowest BCUT2D eigenvalue weighted by Crippen LogP contribution is -2.20. The van der Waals surface area contributed by atoms with Crippen molar-refractivity contribution >= 4 is 5.78 Å². The van der Waals surface area contributed by atoms with Crippen LogP contribution in [-0.2, 0) is 4.79 Å². The Bertz CT molecular complexity index is 174. The minimum atomic E-state index is -4.76. The van der Waals surface area contributed by atoms with Crippen LogP contribution in [0.2, 0.25) is 0 Å². The minimum absolute atomic E-state index is 0.482. The van der Waals surface area contributed by atoms with E-state index in [0.717, 1.165) is 12.6 Å². The zero-order chi connectivity index (χ0) is 9.61. The number of alkyl halides is 3. The Morgan fingerprint density at radius 2 is 2.08 bits per heavy atom. The number of hydrogen-bond acceptors (Lipinski definition) is 2. The molecule has 5 heteroatoms. The fourth-order valence-corrected chi connectivity index (χ4v) is 0.457. The number of nitrogens with one attached hydrogen (secondary N) is 1. The van der Waals surface area contributed by atoms with Crippen LogP contribution in [0.25, 0.3) is 0 Å². The highest BCUT2D eigenvalue weighted by molar-refractivity contribution is 5.94. The summed E-state index contributed by atoms with van der Waals surface area (Å²) in [5.41, 5.74) is 0. The number of allylic oxidation sites excluding steroid dienone is 1. The van der Waals surface area contributed by atoms with E-state index in [1.54, 1.807) is 0 Å². The summed E-state index contributed by atoms with van der Waals surface area (Å²) in [4.78, 5) is 10.2. The molecule has 0 saturated heterocycles. The van der Waals surface area contributed by atoms with Gasteiger partial charge in [-0.1, -0.05) is 6.92 Å². The number of rotatable bonds is 4. The van der Waals surface area contributed by atoms with Crippen molar-refractivity contribution in [3.8, 4) is 0 Å². The lowest BCUT2D eigenvalue weighted by molar-refractivity contribution is -0.165. The van der Waals surface area contributed by atoms with E-state index >= 15 is 0 Å². The molecule has 0 rings (SSSR count). The van der Waals surface area contributed by atoms with Crippen LogP contribution < -0.4 is 5.32 Å². The van der Waals surface area contributed by atoms with Gasteiger partial charge in [-0.05, 0) is 6.42 Å². The Kier molecular flexibility index (Phi) is 4.39. The van der Waals surface area contributed by atoms with E-state index in [9.17, 15) is 18.0 Å². The molecule has 0 aromatic rings. The van der Waals surface area contributed by atoms with E-state index < -0.39 is 12.0 Å². The molecule has 0 aliphatic heterocycles. The number of carbonyl (C=O) groups excluding carboxylic acids is 1. The molecule has 2 nitrogen and oxygen atoms in total. The van der Waals surface area contributed by atoms with E-state index in [0.29, 0.717) is 12.6 Å². The van der Waals surface area contributed by atoms with Crippen molar-refractivity contribution in [1.29, 1.82) is 0 Å². The van der Waals surface area contributed by atoms with Crippen LogP contribution in [0, 0.1) is 0 Å². The molecule has 1 N–H and O–H groups in total. The number of ketones is 1. The Hall–Kier alpha value is -1.00. The Balaban J connectivity index is 3.77. The van der Waals surface area contributed by atoms with Gasteiger partial charge in [0.1, 0.15) is 0 Å². The summed E-state index contributed by atoms with van der Waals surface area (Å²) in [6.45, 7) is 2.42. The molecule has 12 heavy (non-hydrogen) atoms. The van der Waals surface area contributed by atoms with Crippen LogP contribution in [-0.4, -0.2) is 18.5 Å². The lowest BCUT2D eigenvalue weighted by atomic mass is 10.4. The molecule has 0 saturated carbocycles. The zero-order valence-electron chi connectivity index (χ0n) is 6.61. The maximum Gasteiger partial charge on any atom is 0.454 e. The molecule has 0 heterocycles. The standard InChI is InChI=1S/C7H10F3NO/c1-2-4-11-5-3-6(12)7(8,9)10/h3,5,11H,2,4H2,1H3. The highest BCUT2D eigenvalue weighted by Crippen LogP contribution is 2.15. The second kappa shape index (κ2) is 4.79. The van der Waals surface area contributed by atoms with Gasteiger partial charge in [0.2, 0.25) is 0 Å². The van der Waals surface area contributed by atoms with Gasteiger partial charge in [0, 0.05) is 18.8 Å². The minimum Gasteiger partial charge on any atom is -0.391 e. The maximum atomic E-state index is 11.5. The molecule has 0 fully saturated rings. The van der Waals surface area contributed by atoms with Crippen LogP contribution in [0.3, 0.4) is 0 Å². The van der Waals surface area contributed by atoms with Gasteiger partial charge in [0.25, 0.3) is 5.78 Å². The third-order valence-corrected chi connectivity index (χ3v) is 1.03. The number of hydrogen-bond donors (Lipinski definition) is 1. The smallest absolute Gasteiger partial charge is 0.391 e. The van der Waals surface area contributed by atoms with Crippen LogP contribution in [0.15, 0.2) is 12.3 Å². The van der Waals surface area contributed by atoms with Crippen molar-refractivity contribution in [3.05, 3.63) is 12.3 Å². The summed E-state index contributed by atoms with van der Waals surface area (Å²) >= 11 is 0. The van der Waals surface area contributed by atoms with Crippen molar-refractivity contribution in [2.24, 2.45) is 0 Å². The van der Waals surface area contributed by atoms with E-state index in [1.807, 2.05) is 6.92 Å². The summed E-state index contributed by atoms with van der Waals surface area (Å²) in [6.07, 6.45) is -2.47. The van der Waals surface area contributed by atoms with Gasteiger partial charge in [-0.15, -0.1) is 0 Å². The van der Waals surface area contributed by atoms with Crippen molar-refractivity contribution in [3.63, 3.8) is 0 Å². The van der Waals surface area contributed by atoms with Crippen LogP contribution in [0.5, 0.6) is 0 Å². The first-order chi connectivity index (χ1) is 5.48. The molecule has 0 radical (unpaired) electrons. The largest absolute Gasteiger partial charge is 0.454 e. The first kappa shape index (κ1) is 11.0. The van der Waals surface area contributed by atoms with Crippen molar-refractivity contribution in [2.75, 3.05) is 6.54 Å². The summed E-state index contributed by atoms with van der Waals surface area (Å²) in [7, 11) is 0. The third-order valence-electron chi connectivity index (χ3n) is 1.03. The average Bonchev–Trinajstić information content (AvgIpc) is 1.96. The highest BCUT2D eigenvalue weighted by Gasteiger charge is 2.35. The Labute approximate surface area is 68.4 Å². The second-order valence-electron chi connectivity index (χ2n) is 2.15. The van der Waals surface area contributed by atoms with E-state index in [4.69, 9.17) is 0 Å². The molecule has 0 aliphatic carbocycles. The quantitative estimate of drug-likeness (QED) is 0.527. The molecule has 0 amide bonds. The predicted octanol–water partition coefficient (Wildman–Crippen LogP) is 1.63. The first-order valence-corrected chi connectivity index (χ1v) is 3.49. The third kappa shape index (κ3) is 4.76. The van der Waals surface area contributed by atoms with Gasteiger partial charge in [-0.25, -0.2) is 0 Å². The molecule has 70 valence electrons. The normalized spacial score (nSPS) is 12.0. The molecule has 0 spiro atoms. The first-order valence-electron chi connectivity index (χ1n) is 3.49. The summed E-state index contributed by atoms with van der Waals surface area (Å²) < 4.78 is 34.6. The molecule has 0 bridgehead atoms. The predicted molar refractivity (Wildman–Crippen MR) is 38.5 cm³/mol. The van der Waals surface area contributed by atoms with Gasteiger partial charge in [0.15, 0.2) is 0 Å². The molecular weight excluding hydrogens is 171 g/mol. The van der Waals surface area contributed by atoms with E-state index in [1.165, 1.54) is 0 Å². The zero-order valence-corrected chi connectivity index (χ0v) is 6.61. The van der Waals surface area contributed by atoms with Gasteiger partial charge in [-0.3, -0.25) is 4.79 Å². The molecule has 0 aromatic heterocycles. The molecular formula is C7H10F3NO. The van der Waals surface area contributed by atoms with Crippen LogP contribution in [0.4, 0.5) is 13.2 Å². The van der Waals surface area contributed by atoms with Gasteiger partial charge in [-0.2, -0.15) is 13.2 Å². The second-order valence-corrected chi connectivity index (χ2v) is 2.15. The summed E-state index contributed by atoms with van der Waals surface area (Å²) in [6, 6.07) is 0. The lowest BCUT2D eigenvalue weighted by Gasteiger charge is -1.99. The van der Waals surface area contributed by atoms with Crippen molar-refractivity contribution < 1.29 is 18.0 Å². The average molecular weight is 181 g/mol. The van der Waals surface area contributed by atoms with E-state index in [-0.39, 0.29) is 0 Å². The number of carbonyl (C=O) groups is 1. The van der Waals surface area contributed by atoms with Gasteiger partial charge < -0.3 is 5.32 Å². The van der Waals surface area contributed by atoms with Gasteiger partial charge in [0.05, 0.1) is 0 Å². The van der Waals surface area contributed by atoms with Crippen LogP contribution in [0.1, 0.15) is 13.3 Å². The monoisotopic (exact) mass is 181 g/mol. The van der Waals surface area contributed by atoms with Crippen molar-refractivity contribution in [2.45, 2.75) is 19.5 Å². The Morgan fingerprint density at radius 3 is 2.50 bits per heavy atom. The molecule has 0 atom stereocenters. The van der Waals surface area contributed by atoms with Crippen LogP contribution >= 0.6 is 0 Å². The molecule has 0 unspecified atom stereocenters. The SMILES string of the molecule is CCCNC=CC(=O)C(F)(F)F. The highest BCUT2D eigenvalue weighted by atomic mass is 19.4. The van der Waals surface area contributed by atoms with Crippen molar-refractivity contribution in [1.82, 2.24) is 5.32 Å². The van der Waals surface area contributed by atoms with E-state index in [2.05, 4.69) is 5.32 Å². The Morgan fingerprint density at radius 1 is 1.50 bits per heavy atom. The maximum absolute atomic E-state index is 11.5. The topological polar surface area (TPSA) is 29.1 Å². The molecule has 0 aliphatic rings. The summed E-state index contributed by atoms with van der Waals surface area (Å²) in [5.74, 6) is -1.84. The van der Waals surface area contributed by atoms with Gasteiger partial charge >= 0.3 is 6.18 Å². The fourth-order valence-electron chi connectivity index (χ4n) is 0.457. The fraction of sp³-hybridized carbons (Fsp3) is 0.571. The molecule has 0 aromatic carbocycles.